The molecule has 0 aliphatic carbocycles. The first-order valence-corrected chi connectivity index (χ1v) is 9.68. The molecule has 0 aliphatic rings. The number of benzene rings is 1. The van der Waals surface area contributed by atoms with Crippen LogP contribution in [0.4, 0.5) is 0 Å². The van der Waals surface area contributed by atoms with E-state index in [1.54, 1.807) is 18.3 Å². The molecule has 0 aliphatic heterocycles. The minimum atomic E-state index is -0.541. The van der Waals surface area contributed by atoms with Gasteiger partial charge in [-0.25, -0.2) is 4.68 Å². The number of rotatable bonds is 6. The number of aromatic nitrogens is 2. The van der Waals surface area contributed by atoms with Crippen LogP contribution < -0.4 is 0 Å². The lowest BCUT2D eigenvalue weighted by Gasteiger charge is -2.09. The van der Waals surface area contributed by atoms with Crippen LogP contribution in [-0.2, 0) is 11.5 Å². The Morgan fingerprint density at radius 1 is 1.21 bits per heavy atom. The van der Waals surface area contributed by atoms with Crippen LogP contribution in [0.3, 0.4) is 0 Å². The minimum absolute atomic E-state index is 0.271. The highest BCUT2D eigenvalue weighted by Gasteiger charge is 2.05. The van der Waals surface area contributed by atoms with E-state index in [4.69, 9.17) is 4.74 Å². The van der Waals surface area contributed by atoms with Gasteiger partial charge in [0.05, 0.1) is 5.69 Å². The number of hydrogen-bond acceptors (Lipinski definition) is 3. The summed E-state index contributed by atoms with van der Waals surface area (Å²) in [6, 6.07) is 10.3. The Hall–Kier alpha value is -1.59. The van der Waals surface area contributed by atoms with Gasteiger partial charge in [0, 0.05) is 27.2 Å². The number of phenolic OH excluding ortho intramolecular Hbond substituents is 1. The summed E-state index contributed by atoms with van der Waals surface area (Å²) in [7, 11) is -0.541. The van der Waals surface area contributed by atoms with Crippen molar-refractivity contribution in [3.05, 3.63) is 36.5 Å². The monoisotopic (exact) mass is 276 g/mol. The second kappa shape index (κ2) is 6.54. The van der Waals surface area contributed by atoms with E-state index >= 15 is 0 Å². The molecular formula is C14H20N2O2Si. The predicted molar refractivity (Wildman–Crippen MR) is 79.0 cm³/mol. The van der Waals surface area contributed by atoms with Gasteiger partial charge in [0.1, 0.15) is 12.5 Å². The lowest BCUT2D eigenvalue weighted by atomic mass is 10.1. The highest BCUT2D eigenvalue weighted by Crippen LogP contribution is 2.21. The van der Waals surface area contributed by atoms with Crippen molar-refractivity contribution in [1.29, 1.82) is 0 Å². The van der Waals surface area contributed by atoms with Gasteiger partial charge in [0.15, 0.2) is 0 Å². The zero-order chi connectivity index (χ0) is 13.7. The molecule has 0 spiro atoms. The second-order valence-corrected chi connectivity index (χ2v) is 8.35. The molecule has 1 aromatic carbocycles. The summed E-state index contributed by atoms with van der Waals surface area (Å²) >= 11 is 0. The van der Waals surface area contributed by atoms with Crippen LogP contribution in [-0.4, -0.2) is 30.3 Å². The minimum Gasteiger partial charge on any atom is -0.508 e. The lowest BCUT2D eigenvalue weighted by molar-refractivity contribution is 0.0801. The second-order valence-electron chi connectivity index (χ2n) is 4.98. The van der Waals surface area contributed by atoms with Crippen LogP contribution in [0.25, 0.3) is 11.3 Å². The van der Waals surface area contributed by atoms with Crippen molar-refractivity contribution in [2.24, 2.45) is 0 Å². The first-order chi connectivity index (χ1) is 9.16. The maximum Gasteiger partial charge on any atom is 0.139 e. The van der Waals surface area contributed by atoms with Gasteiger partial charge in [-0.15, -0.1) is 0 Å². The topological polar surface area (TPSA) is 47.3 Å². The summed E-state index contributed by atoms with van der Waals surface area (Å²) < 4.78 is 7.50. The summed E-state index contributed by atoms with van der Waals surface area (Å²) in [5, 5.41) is 13.6. The molecule has 4 nitrogen and oxygen atoms in total. The third-order valence-corrected chi connectivity index (χ3v) is 4.32. The fourth-order valence-corrected chi connectivity index (χ4v) is 2.42. The van der Waals surface area contributed by atoms with E-state index in [1.165, 1.54) is 6.04 Å². The molecule has 5 heteroatoms. The average Bonchev–Trinajstić information content (AvgIpc) is 2.84. The quantitative estimate of drug-likeness (QED) is 0.652. The molecule has 1 N–H and O–H groups in total. The lowest BCUT2D eigenvalue weighted by Crippen LogP contribution is -2.10. The summed E-state index contributed by atoms with van der Waals surface area (Å²) in [4.78, 5) is 0. The van der Waals surface area contributed by atoms with Crippen LogP contribution >= 0.6 is 0 Å². The molecule has 0 saturated heterocycles. The van der Waals surface area contributed by atoms with Crippen LogP contribution in [0.15, 0.2) is 36.5 Å². The number of phenols is 1. The van der Waals surface area contributed by atoms with Crippen LogP contribution in [0.5, 0.6) is 5.75 Å². The van der Waals surface area contributed by atoms with Gasteiger partial charge in [-0.1, -0.05) is 13.1 Å². The SMILES string of the molecule is C[SiH](C)CCOCn1nccc1-c1ccc(O)cc1. The van der Waals surface area contributed by atoms with Crippen molar-refractivity contribution < 1.29 is 9.84 Å². The van der Waals surface area contributed by atoms with Gasteiger partial charge in [0.2, 0.25) is 0 Å². The first-order valence-electron chi connectivity index (χ1n) is 6.56. The van der Waals surface area contributed by atoms with Crippen molar-refractivity contribution in [2.75, 3.05) is 6.61 Å². The molecule has 0 bridgehead atoms. The van der Waals surface area contributed by atoms with E-state index in [0.717, 1.165) is 17.9 Å². The molecule has 0 unspecified atom stereocenters. The van der Waals surface area contributed by atoms with Crippen molar-refractivity contribution >= 4 is 8.80 Å². The highest BCUT2D eigenvalue weighted by molar-refractivity contribution is 6.55. The zero-order valence-electron chi connectivity index (χ0n) is 11.4. The number of ether oxygens (including phenoxy) is 1. The fourth-order valence-electron chi connectivity index (χ4n) is 1.78. The summed E-state index contributed by atoms with van der Waals surface area (Å²) in [6.45, 7) is 5.92. The highest BCUT2D eigenvalue weighted by atomic mass is 28.3. The number of hydrogen-bond donors (Lipinski definition) is 1. The summed E-state index contributed by atoms with van der Waals surface area (Å²) in [5.74, 6) is 0.271. The fraction of sp³-hybridized carbons (Fsp3) is 0.357. The smallest absolute Gasteiger partial charge is 0.139 e. The van der Waals surface area contributed by atoms with Gasteiger partial charge < -0.3 is 9.84 Å². The van der Waals surface area contributed by atoms with Crippen molar-refractivity contribution in [2.45, 2.75) is 25.9 Å². The molecule has 0 saturated carbocycles. The molecule has 2 aromatic rings. The van der Waals surface area contributed by atoms with Crippen molar-refractivity contribution in [1.82, 2.24) is 9.78 Å². The standard InChI is InChI=1S/C14H20N2O2Si/c1-19(2)10-9-18-11-16-14(7-8-15-16)12-3-5-13(17)6-4-12/h3-8,17,19H,9-11H2,1-2H3. The normalized spacial score (nSPS) is 11.1. The van der Waals surface area contributed by atoms with Crippen LogP contribution in [0.1, 0.15) is 0 Å². The van der Waals surface area contributed by atoms with Gasteiger partial charge in [-0.2, -0.15) is 5.10 Å². The van der Waals surface area contributed by atoms with Gasteiger partial charge in [-0.05, 0) is 36.4 Å². The van der Waals surface area contributed by atoms with Crippen LogP contribution in [0, 0.1) is 0 Å². The Bertz CT molecular complexity index is 508. The van der Waals surface area contributed by atoms with Gasteiger partial charge >= 0.3 is 0 Å². The Morgan fingerprint density at radius 3 is 2.63 bits per heavy atom. The maximum absolute atomic E-state index is 9.31. The molecule has 1 aromatic heterocycles. The van der Waals surface area contributed by atoms with E-state index in [1.807, 2.05) is 22.9 Å². The zero-order valence-corrected chi connectivity index (χ0v) is 12.6. The van der Waals surface area contributed by atoms with Gasteiger partial charge in [-0.3, -0.25) is 0 Å². The van der Waals surface area contributed by atoms with E-state index in [9.17, 15) is 5.11 Å². The Kier molecular flexibility index (Phi) is 4.76. The molecule has 0 fully saturated rings. The average molecular weight is 276 g/mol. The molecule has 0 amide bonds. The Balaban J connectivity index is 1.99. The summed E-state index contributed by atoms with van der Waals surface area (Å²) in [6.07, 6.45) is 1.77. The van der Waals surface area contributed by atoms with Crippen molar-refractivity contribution in [3.63, 3.8) is 0 Å². The third-order valence-electron chi connectivity index (χ3n) is 2.93. The molecule has 1 heterocycles. The van der Waals surface area contributed by atoms with Crippen molar-refractivity contribution in [3.8, 4) is 17.0 Å². The Morgan fingerprint density at radius 2 is 1.95 bits per heavy atom. The molecule has 19 heavy (non-hydrogen) atoms. The predicted octanol–water partition coefficient (Wildman–Crippen LogP) is 2.72. The molecule has 0 radical (unpaired) electrons. The number of nitrogens with zero attached hydrogens (tertiary/aromatic N) is 2. The third kappa shape index (κ3) is 3.94. The van der Waals surface area contributed by atoms with Crippen LogP contribution in [0.2, 0.25) is 19.1 Å². The van der Waals surface area contributed by atoms with E-state index in [2.05, 4.69) is 18.2 Å². The first kappa shape index (κ1) is 13.8. The molecule has 2 rings (SSSR count). The van der Waals surface area contributed by atoms with E-state index < -0.39 is 8.80 Å². The van der Waals surface area contributed by atoms with E-state index in [0.29, 0.717) is 6.73 Å². The molecular weight excluding hydrogens is 256 g/mol. The summed E-state index contributed by atoms with van der Waals surface area (Å²) in [5.41, 5.74) is 2.03. The number of aromatic hydroxyl groups is 1. The molecule has 102 valence electrons. The molecule has 0 atom stereocenters. The Labute approximate surface area is 115 Å². The van der Waals surface area contributed by atoms with Gasteiger partial charge in [0.25, 0.3) is 0 Å². The maximum atomic E-state index is 9.31. The van der Waals surface area contributed by atoms with E-state index in [-0.39, 0.29) is 5.75 Å². The largest absolute Gasteiger partial charge is 0.508 e.